The first-order valence-electron chi connectivity index (χ1n) is 8.74. The lowest BCUT2D eigenvalue weighted by Gasteiger charge is -2.12. The van der Waals surface area contributed by atoms with Crippen LogP contribution in [0.2, 0.25) is 0 Å². The van der Waals surface area contributed by atoms with E-state index in [4.69, 9.17) is 4.52 Å². The highest BCUT2D eigenvalue weighted by molar-refractivity contribution is 6.01. The minimum atomic E-state index is -0.279. The maximum Gasteiger partial charge on any atom is 0.253 e. The molecule has 0 spiro atoms. The van der Waals surface area contributed by atoms with Gasteiger partial charge in [0.2, 0.25) is 11.8 Å². The number of nitrogens with zero attached hydrogens (tertiary/aromatic N) is 1. The summed E-state index contributed by atoms with van der Waals surface area (Å²) >= 11 is 0. The van der Waals surface area contributed by atoms with E-state index in [1.165, 1.54) is 0 Å². The summed E-state index contributed by atoms with van der Waals surface area (Å²) in [5.74, 6) is -0.0958. The summed E-state index contributed by atoms with van der Waals surface area (Å²) in [5, 5.41) is 12.6. The highest BCUT2D eigenvalue weighted by Gasteiger charge is 2.25. The summed E-state index contributed by atoms with van der Waals surface area (Å²) < 4.78 is 5.15. The molecule has 0 atom stereocenters. The molecule has 2 amide bonds. The third kappa shape index (κ3) is 4.62. The van der Waals surface area contributed by atoms with Crippen LogP contribution in [0.5, 0.6) is 0 Å². The number of aromatic nitrogens is 1. The van der Waals surface area contributed by atoms with Crippen LogP contribution in [-0.4, -0.2) is 29.6 Å². The van der Waals surface area contributed by atoms with Crippen molar-refractivity contribution in [3.63, 3.8) is 0 Å². The van der Waals surface area contributed by atoms with Gasteiger partial charge in [-0.2, -0.15) is 0 Å². The Morgan fingerprint density at radius 1 is 1.23 bits per heavy atom. The molecule has 0 saturated heterocycles. The average Bonchev–Trinajstić information content (AvgIpc) is 3.26. The molecule has 1 heterocycles. The highest BCUT2D eigenvalue weighted by Crippen LogP contribution is 2.24. The average molecular weight is 356 g/mol. The number of carbonyl (C=O) groups is 2. The van der Waals surface area contributed by atoms with Crippen LogP contribution in [0.1, 0.15) is 49.7 Å². The topological polar surface area (TPSA) is 96.3 Å². The lowest BCUT2D eigenvalue weighted by atomic mass is 9.92. The number of carbonyl (C=O) groups excluding carboxylic acids is 2. The molecule has 1 aliphatic carbocycles. The molecule has 26 heavy (non-hydrogen) atoms. The number of amides is 2. The second-order valence-electron chi connectivity index (χ2n) is 7.52. The Labute approximate surface area is 152 Å². The van der Waals surface area contributed by atoms with E-state index >= 15 is 0 Å². The Morgan fingerprint density at radius 3 is 2.62 bits per heavy atom. The fourth-order valence-corrected chi connectivity index (χ4v) is 2.37. The second-order valence-corrected chi connectivity index (χ2v) is 7.52. The van der Waals surface area contributed by atoms with Gasteiger partial charge in [-0.1, -0.05) is 38.1 Å². The molecule has 0 aliphatic heterocycles. The summed E-state index contributed by atoms with van der Waals surface area (Å²) in [6.45, 7) is 6.06. The largest absolute Gasteiger partial charge is 0.375 e. The Kier molecular flexibility index (Phi) is 4.97. The minimum absolute atomic E-state index is 0.0132. The minimum Gasteiger partial charge on any atom is -0.375 e. The molecule has 2 aromatic rings. The summed E-state index contributed by atoms with van der Waals surface area (Å²) in [6.07, 6.45) is 2.05. The molecule has 3 N–H and O–H groups in total. The molecule has 0 radical (unpaired) electrons. The molecule has 3 rings (SSSR count). The van der Waals surface area contributed by atoms with Gasteiger partial charge >= 0.3 is 0 Å². The maximum atomic E-state index is 12.3. The first kappa shape index (κ1) is 18.0. The molecule has 1 aliphatic rings. The lowest BCUT2D eigenvalue weighted by molar-refractivity contribution is -0.114. The predicted octanol–water partition coefficient (Wildman–Crippen LogP) is 2.91. The van der Waals surface area contributed by atoms with Crippen LogP contribution in [0, 0.1) is 0 Å². The van der Waals surface area contributed by atoms with Crippen LogP contribution in [0.25, 0.3) is 0 Å². The van der Waals surface area contributed by atoms with Gasteiger partial charge in [0.1, 0.15) is 0 Å². The Hall–Kier alpha value is -2.83. The molecule has 7 nitrogen and oxygen atoms in total. The van der Waals surface area contributed by atoms with Crippen molar-refractivity contribution in [1.82, 2.24) is 10.5 Å². The molecule has 1 aromatic carbocycles. The zero-order valence-corrected chi connectivity index (χ0v) is 15.3. The number of para-hydroxylation sites is 1. The summed E-state index contributed by atoms with van der Waals surface area (Å²) in [6, 6.07) is 9.14. The Morgan fingerprint density at radius 2 is 1.96 bits per heavy atom. The van der Waals surface area contributed by atoms with E-state index in [9.17, 15) is 9.59 Å². The monoisotopic (exact) mass is 356 g/mol. The van der Waals surface area contributed by atoms with E-state index in [0.29, 0.717) is 17.1 Å². The van der Waals surface area contributed by atoms with Crippen molar-refractivity contribution < 1.29 is 14.1 Å². The van der Waals surface area contributed by atoms with Crippen molar-refractivity contribution in [2.45, 2.75) is 45.1 Å². The first-order valence-corrected chi connectivity index (χ1v) is 8.74. The van der Waals surface area contributed by atoms with E-state index in [-0.39, 0.29) is 29.8 Å². The molecular formula is C19H24N4O3. The van der Waals surface area contributed by atoms with E-state index in [0.717, 1.165) is 18.5 Å². The van der Waals surface area contributed by atoms with Gasteiger partial charge in [0.05, 0.1) is 17.8 Å². The zero-order valence-electron chi connectivity index (χ0n) is 15.3. The fraction of sp³-hybridized carbons (Fsp3) is 0.421. The van der Waals surface area contributed by atoms with Gasteiger partial charge in [0, 0.05) is 23.2 Å². The molecule has 1 aromatic heterocycles. The van der Waals surface area contributed by atoms with Crippen molar-refractivity contribution in [3.05, 3.63) is 41.6 Å². The summed E-state index contributed by atoms with van der Waals surface area (Å²) in [7, 11) is 0. The van der Waals surface area contributed by atoms with Crippen molar-refractivity contribution in [1.29, 1.82) is 0 Å². The van der Waals surface area contributed by atoms with Gasteiger partial charge in [-0.05, 0) is 25.0 Å². The van der Waals surface area contributed by atoms with Crippen LogP contribution in [-0.2, 0) is 10.2 Å². The van der Waals surface area contributed by atoms with Gasteiger partial charge in [-0.3, -0.25) is 14.9 Å². The van der Waals surface area contributed by atoms with Crippen LogP contribution in [0.15, 0.2) is 34.9 Å². The zero-order chi connectivity index (χ0) is 18.7. The smallest absolute Gasteiger partial charge is 0.253 e. The number of hydrogen-bond acceptors (Lipinski definition) is 5. The van der Waals surface area contributed by atoms with Crippen molar-refractivity contribution in [3.8, 4) is 0 Å². The quantitative estimate of drug-likeness (QED) is 0.739. The maximum absolute atomic E-state index is 12.3. The van der Waals surface area contributed by atoms with Crippen LogP contribution < -0.4 is 16.0 Å². The number of benzene rings is 1. The molecule has 0 unspecified atom stereocenters. The molecule has 1 fully saturated rings. The van der Waals surface area contributed by atoms with Crippen LogP contribution in [0.3, 0.4) is 0 Å². The number of rotatable bonds is 6. The van der Waals surface area contributed by atoms with Gasteiger partial charge in [-0.25, -0.2) is 0 Å². The van der Waals surface area contributed by atoms with Crippen molar-refractivity contribution >= 4 is 23.4 Å². The first-order chi connectivity index (χ1) is 12.3. The molecule has 138 valence electrons. The van der Waals surface area contributed by atoms with Crippen LogP contribution >= 0.6 is 0 Å². The van der Waals surface area contributed by atoms with Gasteiger partial charge < -0.3 is 15.2 Å². The Balaban J connectivity index is 1.57. The second kappa shape index (κ2) is 7.19. The van der Waals surface area contributed by atoms with Crippen molar-refractivity contribution in [2.24, 2.45) is 0 Å². The highest BCUT2D eigenvalue weighted by atomic mass is 16.5. The van der Waals surface area contributed by atoms with Crippen LogP contribution in [0.4, 0.5) is 11.6 Å². The number of anilines is 2. The molecule has 1 saturated carbocycles. The molecule has 7 heteroatoms. The standard InChI is InChI=1S/C19H24N4O3/c1-19(2,3)15-10-17(26-23-15)22-16(24)11-20-14-7-5-4-6-13(14)18(25)21-12-8-9-12/h4-7,10,12,20H,8-9,11H2,1-3H3,(H,21,25)(H,22,24). The SMILES string of the molecule is CC(C)(C)c1cc(NC(=O)CNc2ccccc2C(=O)NC2CC2)on1. The summed E-state index contributed by atoms with van der Waals surface area (Å²) in [4.78, 5) is 24.4. The van der Waals surface area contributed by atoms with Gasteiger partial charge in [0.25, 0.3) is 5.91 Å². The Bertz CT molecular complexity index is 803. The lowest BCUT2D eigenvalue weighted by Crippen LogP contribution is -2.27. The normalized spacial score (nSPS) is 14.0. The fourth-order valence-electron chi connectivity index (χ4n) is 2.37. The third-order valence-electron chi connectivity index (χ3n) is 4.06. The predicted molar refractivity (Wildman–Crippen MR) is 99.3 cm³/mol. The van der Waals surface area contributed by atoms with Crippen molar-refractivity contribution in [2.75, 3.05) is 17.2 Å². The van der Waals surface area contributed by atoms with E-state index in [2.05, 4.69) is 21.1 Å². The molecular weight excluding hydrogens is 332 g/mol. The number of nitrogens with one attached hydrogen (secondary N) is 3. The van der Waals surface area contributed by atoms with E-state index < -0.39 is 0 Å². The summed E-state index contributed by atoms with van der Waals surface area (Å²) in [5.41, 5.74) is 1.76. The molecule has 0 bridgehead atoms. The van der Waals surface area contributed by atoms with E-state index in [1.807, 2.05) is 26.8 Å². The van der Waals surface area contributed by atoms with Gasteiger partial charge in [-0.15, -0.1) is 0 Å². The van der Waals surface area contributed by atoms with Gasteiger partial charge in [0.15, 0.2) is 0 Å². The third-order valence-corrected chi connectivity index (χ3v) is 4.06. The van der Waals surface area contributed by atoms with E-state index in [1.54, 1.807) is 24.3 Å². The number of hydrogen-bond donors (Lipinski definition) is 3.